The number of carbonyl (C=O) groups is 2. The molecule has 1 amide bonds. The van der Waals surface area contributed by atoms with Gasteiger partial charge in [-0.15, -0.1) is 0 Å². The van der Waals surface area contributed by atoms with Crippen molar-refractivity contribution in [2.24, 2.45) is 11.1 Å². The van der Waals surface area contributed by atoms with Gasteiger partial charge in [-0.1, -0.05) is 13.8 Å². The number of primary amides is 1. The van der Waals surface area contributed by atoms with E-state index in [4.69, 9.17) is 15.6 Å². The molecule has 0 spiro atoms. The molecule has 0 bridgehead atoms. The van der Waals surface area contributed by atoms with Crippen molar-refractivity contribution >= 4 is 17.4 Å². The molecule has 0 saturated heterocycles. The average Bonchev–Trinajstić information content (AvgIpc) is 2.90. The molecule has 27 heavy (non-hydrogen) atoms. The van der Waals surface area contributed by atoms with E-state index >= 15 is 0 Å². The lowest BCUT2D eigenvalue weighted by atomic mass is 9.76. The molecule has 3 rings (SSSR count). The summed E-state index contributed by atoms with van der Waals surface area (Å²) in [6.07, 6.45) is 1.29. The molecule has 0 atom stereocenters. The summed E-state index contributed by atoms with van der Waals surface area (Å²) < 4.78 is 6.82. The number of nitrogens with one attached hydrogen (secondary N) is 1. The van der Waals surface area contributed by atoms with Gasteiger partial charge in [0.25, 0.3) is 5.91 Å². The van der Waals surface area contributed by atoms with Crippen LogP contribution in [0.5, 0.6) is 0 Å². The molecule has 7 heteroatoms. The first-order chi connectivity index (χ1) is 12.7. The van der Waals surface area contributed by atoms with Gasteiger partial charge >= 0.3 is 0 Å². The minimum atomic E-state index is -0.505. The van der Waals surface area contributed by atoms with E-state index in [-0.39, 0.29) is 11.2 Å². The van der Waals surface area contributed by atoms with Gasteiger partial charge in [-0.25, -0.2) is 4.68 Å². The number of aromatic nitrogens is 2. The topological polar surface area (TPSA) is 99.2 Å². The van der Waals surface area contributed by atoms with Gasteiger partial charge in [-0.2, -0.15) is 5.10 Å². The number of Topliss-reactive ketones (excluding diaryl/α,β-unsaturated/α-hetero) is 1. The van der Waals surface area contributed by atoms with Crippen molar-refractivity contribution in [3.63, 3.8) is 0 Å². The maximum Gasteiger partial charge on any atom is 0.250 e. The number of hydrogen-bond donors (Lipinski definition) is 2. The minimum Gasteiger partial charge on any atom is -0.383 e. The number of methoxy groups -OCH3 is 1. The Bertz CT molecular complexity index is 899. The Kier molecular flexibility index (Phi) is 5.06. The molecule has 1 aliphatic rings. The summed E-state index contributed by atoms with van der Waals surface area (Å²) in [6.45, 7) is 7.12. The number of carbonyl (C=O) groups excluding carboxylic acids is 2. The smallest absolute Gasteiger partial charge is 0.250 e. The summed E-state index contributed by atoms with van der Waals surface area (Å²) in [7, 11) is 1.61. The quantitative estimate of drug-likeness (QED) is 0.761. The number of anilines is 1. The third kappa shape index (κ3) is 3.73. The zero-order valence-corrected chi connectivity index (χ0v) is 16.3. The first-order valence-corrected chi connectivity index (χ1v) is 9.02. The van der Waals surface area contributed by atoms with Crippen molar-refractivity contribution in [1.82, 2.24) is 9.78 Å². The SMILES string of the molecule is COCCNc1cc(-n2nc3c(c2C)C(=O)CC(C)(C)C3)ccc1C(N)=O. The highest BCUT2D eigenvalue weighted by Crippen LogP contribution is 2.36. The summed E-state index contributed by atoms with van der Waals surface area (Å²) in [5.74, 6) is -0.368. The molecule has 1 aromatic carbocycles. The Balaban J connectivity index is 2.03. The first kappa shape index (κ1) is 19.1. The standard InChI is InChI=1S/C20H26N4O3/c1-12-18-16(10-20(2,3)11-17(18)25)23-24(12)13-5-6-14(19(21)26)15(9-13)22-7-8-27-4/h5-6,9,22H,7-8,10-11H2,1-4H3,(H2,21,26). The molecular formula is C20H26N4O3. The monoisotopic (exact) mass is 370 g/mol. The van der Waals surface area contributed by atoms with Gasteiger partial charge in [0.15, 0.2) is 5.78 Å². The number of hydrogen-bond acceptors (Lipinski definition) is 5. The number of ether oxygens (including phenoxy) is 1. The highest BCUT2D eigenvalue weighted by atomic mass is 16.5. The van der Waals surface area contributed by atoms with Crippen molar-refractivity contribution in [3.8, 4) is 5.69 Å². The fourth-order valence-corrected chi connectivity index (χ4v) is 3.65. The van der Waals surface area contributed by atoms with Crippen LogP contribution in [0.3, 0.4) is 0 Å². The molecule has 0 aliphatic heterocycles. The second-order valence-corrected chi connectivity index (χ2v) is 7.77. The van der Waals surface area contributed by atoms with E-state index in [1.165, 1.54) is 0 Å². The minimum absolute atomic E-state index is 0.0849. The van der Waals surface area contributed by atoms with Crippen LogP contribution in [0.4, 0.5) is 5.69 Å². The van der Waals surface area contributed by atoms with Crippen molar-refractivity contribution in [3.05, 3.63) is 40.7 Å². The summed E-state index contributed by atoms with van der Waals surface area (Å²) in [5.41, 5.74) is 9.58. The molecule has 1 aromatic heterocycles. The number of nitrogens with zero attached hydrogens (tertiary/aromatic N) is 2. The van der Waals surface area contributed by atoms with Gasteiger partial charge in [-0.3, -0.25) is 9.59 Å². The fraction of sp³-hybridized carbons (Fsp3) is 0.450. The second-order valence-electron chi connectivity index (χ2n) is 7.77. The van der Waals surface area contributed by atoms with Crippen LogP contribution in [0.2, 0.25) is 0 Å². The van der Waals surface area contributed by atoms with Gasteiger partial charge in [0.05, 0.1) is 34.8 Å². The normalized spacial score (nSPS) is 15.5. The summed E-state index contributed by atoms with van der Waals surface area (Å²) in [6, 6.07) is 5.30. The molecule has 1 aliphatic carbocycles. The fourth-order valence-electron chi connectivity index (χ4n) is 3.65. The highest BCUT2D eigenvalue weighted by Gasteiger charge is 2.35. The predicted molar refractivity (Wildman–Crippen MR) is 104 cm³/mol. The number of ketones is 1. The number of fused-ring (bicyclic) bond motifs is 1. The molecule has 0 unspecified atom stereocenters. The van der Waals surface area contributed by atoms with Crippen molar-refractivity contribution in [2.45, 2.75) is 33.6 Å². The van der Waals surface area contributed by atoms with Gasteiger partial charge < -0.3 is 15.8 Å². The Labute approximate surface area is 158 Å². The molecule has 3 N–H and O–H groups in total. The van der Waals surface area contributed by atoms with Crippen LogP contribution in [-0.2, 0) is 11.2 Å². The van der Waals surface area contributed by atoms with E-state index in [9.17, 15) is 9.59 Å². The Morgan fingerprint density at radius 1 is 1.37 bits per heavy atom. The Hall–Kier alpha value is -2.67. The molecule has 144 valence electrons. The van der Waals surface area contributed by atoms with E-state index in [1.807, 2.05) is 13.0 Å². The maximum absolute atomic E-state index is 12.6. The Morgan fingerprint density at radius 2 is 2.11 bits per heavy atom. The van der Waals surface area contributed by atoms with Crippen LogP contribution >= 0.6 is 0 Å². The lowest BCUT2D eigenvalue weighted by Crippen LogP contribution is -2.26. The molecule has 1 heterocycles. The number of nitrogens with two attached hydrogens (primary N) is 1. The second kappa shape index (κ2) is 7.15. The summed E-state index contributed by atoms with van der Waals surface area (Å²) in [4.78, 5) is 24.3. The van der Waals surface area contributed by atoms with Crippen molar-refractivity contribution in [2.75, 3.05) is 25.6 Å². The van der Waals surface area contributed by atoms with E-state index in [2.05, 4.69) is 19.2 Å². The lowest BCUT2D eigenvalue weighted by Gasteiger charge is -2.27. The van der Waals surface area contributed by atoms with Crippen LogP contribution in [0.1, 0.15) is 52.4 Å². The lowest BCUT2D eigenvalue weighted by molar-refractivity contribution is 0.0910. The van der Waals surface area contributed by atoms with Gasteiger partial charge in [0.2, 0.25) is 0 Å². The zero-order chi connectivity index (χ0) is 19.8. The largest absolute Gasteiger partial charge is 0.383 e. The Morgan fingerprint density at radius 3 is 2.78 bits per heavy atom. The van der Waals surface area contributed by atoms with Crippen LogP contribution in [-0.4, -0.2) is 41.7 Å². The molecule has 2 aromatic rings. The van der Waals surface area contributed by atoms with E-state index < -0.39 is 5.91 Å². The molecular weight excluding hydrogens is 344 g/mol. The van der Waals surface area contributed by atoms with Gasteiger partial charge in [-0.05, 0) is 37.0 Å². The van der Waals surface area contributed by atoms with E-state index in [0.717, 1.165) is 29.1 Å². The molecule has 0 fully saturated rings. The molecule has 7 nitrogen and oxygen atoms in total. The average molecular weight is 370 g/mol. The van der Waals surface area contributed by atoms with Gasteiger partial charge in [0, 0.05) is 25.8 Å². The van der Waals surface area contributed by atoms with Crippen LogP contribution in [0.15, 0.2) is 18.2 Å². The van der Waals surface area contributed by atoms with E-state index in [0.29, 0.717) is 30.8 Å². The summed E-state index contributed by atoms with van der Waals surface area (Å²) >= 11 is 0. The number of amides is 1. The third-order valence-electron chi connectivity index (χ3n) is 4.89. The molecule has 0 radical (unpaired) electrons. The van der Waals surface area contributed by atoms with Crippen LogP contribution in [0.25, 0.3) is 5.69 Å². The van der Waals surface area contributed by atoms with Crippen LogP contribution < -0.4 is 11.1 Å². The maximum atomic E-state index is 12.6. The zero-order valence-electron chi connectivity index (χ0n) is 16.3. The molecule has 0 saturated carbocycles. The predicted octanol–water partition coefficient (Wildman–Crippen LogP) is 2.49. The highest BCUT2D eigenvalue weighted by molar-refractivity contribution is 6.00. The van der Waals surface area contributed by atoms with Gasteiger partial charge in [0.1, 0.15) is 0 Å². The number of benzene rings is 1. The summed E-state index contributed by atoms with van der Waals surface area (Å²) in [5, 5.41) is 7.88. The van der Waals surface area contributed by atoms with Crippen LogP contribution in [0, 0.1) is 12.3 Å². The van der Waals surface area contributed by atoms with Crippen molar-refractivity contribution in [1.29, 1.82) is 0 Å². The first-order valence-electron chi connectivity index (χ1n) is 9.02. The third-order valence-corrected chi connectivity index (χ3v) is 4.89. The van der Waals surface area contributed by atoms with E-state index in [1.54, 1.807) is 23.9 Å². The number of rotatable bonds is 6. The van der Waals surface area contributed by atoms with Crippen molar-refractivity contribution < 1.29 is 14.3 Å².